The predicted molar refractivity (Wildman–Crippen MR) is 166 cm³/mol. The molecule has 0 N–H and O–H groups in total. The van der Waals surface area contributed by atoms with Crippen LogP contribution in [0.5, 0.6) is 11.5 Å². The monoisotopic (exact) mass is 586 g/mol. The second kappa shape index (κ2) is 12.1. The summed E-state index contributed by atoms with van der Waals surface area (Å²) in [4.78, 5) is 43.4. The highest BCUT2D eigenvalue weighted by Crippen LogP contribution is 2.64. The lowest BCUT2D eigenvalue weighted by Crippen LogP contribution is -2.69. The largest absolute Gasteiger partial charge is 0.493 e. The fourth-order valence-corrected chi connectivity index (χ4v) is 8.84. The number of carbonyl (C=O) groups excluding carboxylic acids is 3. The zero-order chi connectivity index (χ0) is 30.3. The van der Waals surface area contributed by atoms with Crippen LogP contribution in [0.3, 0.4) is 0 Å². The standard InChI is InChI=1S/C36H46N2O5/c1-23(2)21-38(32(41)13-9-8-12-30(40)25-10-6-5-7-11-25)28-16-15-27-29-20-26-14-17-31(42-4)34-33(26)36(27,35(28)43-34)18-19-37(29)22-24(3)39/h5-7,10-11,14,17,23,27-29,35H,8-9,12-13,15-16,18-22H2,1-4H3/t27-,28-,29+,35-,36-/m0/s1. The Hall–Kier alpha value is -3.19. The van der Waals surface area contributed by atoms with E-state index in [1.54, 1.807) is 14.0 Å². The van der Waals surface area contributed by atoms with Crippen LogP contribution in [-0.4, -0.2) is 72.2 Å². The van der Waals surface area contributed by atoms with Crippen LogP contribution in [-0.2, 0) is 21.4 Å². The lowest BCUT2D eigenvalue weighted by molar-refractivity contribution is -0.144. The highest BCUT2D eigenvalue weighted by atomic mass is 16.5. The summed E-state index contributed by atoms with van der Waals surface area (Å²) in [5.41, 5.74) is 3.16. The third-order valence-corrected chi connectivity index (χ3v) is 10.5. The van der Waals surface area contributed by atoms with Crippen molar-refractivity contribution in [2.24, 2.45) is 11.8 Å². The predicted octanol–water partition coefficient (Wildman–Crippen LogP) is 5.62. The van der Waals surface area contributed by atoms with Crippen LogP contribution in [0.25, 0.3) is 0 Å². The minimum atomic E-state index is -0.185. The molecule has 1 saturated carbocycles. The van der Waals surface area contributed by atoms with Crippen molar-refractivity contribution in [2.75, 3.05) is 26.7 Å². The smallest absolute Gasteiger partial charge is 0.222 e. The van der Waals surface area contributed by atoms with Gasteiger partial charge in [0, 0.05) is 42.0 Å². The van der Waals surface area contributed by atoms with Gasteiger partial charge in [0.25, 0.3) is 0 Å². The van der Waals surface area contributed by atoms with Gasteiger partial charge in [0.1, 0.15) is 11.9 Å². The molecule has 1 spiro atoms. The molecule has 4 aliphatic rings. The van der Waals surface area contributed by atoms with E-state index in [0.29, 0.717) is 56.7 Å². The summed E-state index contributed by atoms with van der Waals surface area (Å²) in [5, 5.41) is 0. The topological polar surface area (TPSA) is 76.2 Å². The van der Waals surface area contributed by atoms with Crippen molar-refractivity contribution in [3.63, 3.8) is 0 Å². The van der Waals surface area contributed by atoms with Crippen LogP contribution in [0.2, 0.25) is 0 Å². The number of hydrogen-bond donors (Lipinski definition) is 0. The van der Waals surface area contributed by atoms with Gasteiger partial charge in [-0.05, 0) is 75.5 Å². The number of ketones is 2. The van der Waals surface area contributed by atoms with Gasteiger partial charge in [-0.15, -0.1) is 0 Å². The lowest BCUT2D eigenvalue weighted by atomic mass is 9.51. The SMILES string of the molecule is COc1ccc2c3c1O[C@H]1[C@@H](N(CC(C)C)C(=O)CCCCC(=O)c4ccccc4)CC[C@H]4[C@@H](C2)N(CC(C)=O)CC[C@@]341. The first kappa shape index (κ1) is 29.9. The zero-order valence-corrected chi connectivity index (χ0v) is 26.1. The number of carbonyl (C=O) groups is 3. The highest BCUT2D eigenvalue weighted by Gasteiger charge is 2.66. The van der Waals surface area contributed by atoms with E-state index in [9.17, 15) is 14.4 Å². The van der Waals surface area contributed by atoms with E-state index in [0.717, 1.165) is 49.3 Å². The maximum absolute atomic E-state index is 14.0. The zero-order valence-electron chi connectivity index (χ0n) is 26.1. The molecule has 230 valence electrons. The van der Waals surface area contributed by atoms with Crippen LogP contribution >= 0.6 is 0 Å². The second-order valence-corrected chi connectivity index (χ2v) is 13.6. The van der Waals surface area contributed by atoms with Crippen molar-refractivity contribution in [2.45, 2.75) is 95.7 Å². The van der Waals surface area contributed by atoms with Crippen molar-refractivity contribution in [3.8, 4) is 11.5 Å². The van der Waals surface area contributed by atoms with Gasteiger partial charge in [-0.2, -0.15) is 0 Å². The number of rotatable bonds is 12. The number of amides is 1. The number of Topliss-reactive ketones (excluding diaryl/α,β-unsaturated/α-hetero) is 2. The molecule has 2 aromatic rings. The van der Waals surface area contributed by atoms with E-state index in [1.165, 1.54) is 11.1 Å². The Balaban J connectivity index is 1.25. The van der Waals surface area contributed by atoms with E-state index in [2.05, 4.69) is 29.7 Å². The molecule has 6 rings (SSSR count). The summed E-state index contributed by atoms with van der Waals surface area (Å²) < 4.78 is 12.8. The van der Waals surface area contributed by atoms with Gasteiger partial charge in [0.15, 0.2) is 17.3 Å². The normalized spacial score (nSPS) is 26.9. The van der Waals surface area contributed by atoms with Gasteiger partial charge in [-0.3, -0.25) is 19.3 Å². The van der Waals surface area contributed by atoms with Crippen LogP contribution in [0.4, 0.5) is 0 Å². The number of ether oxygens (including phenoxy) is 2. The van der Waals surface area contributed by atoms with Crippen molar-refractivity contribution in [1.82, 2.24) is 9.80 Å². The first-order valence-electron chi connectivity index (χ1n) is 16.2. The molecular formula is C36H46N2O5. The van der Waals surface area contributed by atoms with Gasteiger partial charge in [-0.1, -0.05) is 50.2 Å². The average Bonchev–Trinajstić information content (AvgIpc) is 3.34. The molecule has 1 saturated heterocycles. The average molecular weight is 587 g/mol. The summed E-state index contributed by atoms with van der Waals surface area (Å²) >= 11 is 0. The Morgan fingerprint density at radius 1 is 1.07 bits per heavy atom. The Bertz CT molecular complexity index is 1370. The fourth-order valence-electron chi connectivity index (χ4n) is 8.84. The molecule has 2 aromatic carbocycles. The van der Waals surface area contributed by atoms with Gasteiger partial charge < -0.3 is 14.4 Å². The number of piperidine rings is 1. The van der Waals surface area contributed by atoms with E-state index in [1.807, 2.05) is 36.4 Å². The van der Waals surface area contributed by atoms with Crippen molar-refractivity contribution < 1.29 is 23.9 Å². The fraction of sp³-hybridized carbons (Fsp3) is 0.583. The van der Waals surface area contributed by atoms with E-state index < -0.39 is 0 Å². The molecule has 2 aliphatic heterocycles. The Kier molecular flexibility index (Phi) is 8.38. The van der Waals surface area contributed by atoms with Crippen LogP contribution < -0.4 is 9.47 Å². The molecule has 5 atom stereocenters. The molecule has 43 heavy (non-hydrogen) atoms. The summed E-state index contributed by atoms with van der Waals surface area (Å²) in [6.45, 7) is 8.07. The molecule has 2 bridgehead atoms. The molecule has 2 aliphatic carbocycles. The van der Waals surface area contributed by atoms with E-state index in [-0.39, 0.29) is 35.0 Å². The first-order chi connectivity index (χ1) is 20.7. The quantitative estimate of drug-likeness (QED) is 0.237. The Morgan fingerprint density at radius 3 is 2.56 bits per heavy atom. The molecule has 0 aromatic heterocycles. The minimum absolute atomic E-state index is 0.0276. The molecule has 2 fully saturated rings. The summed E-state index contributed by atoms with van der Waals surface area (Å²) in [5.74, 6) is 2.85. The van der Waals surface area contributed by atoms with Crippen LogP contribution in [0, 0.1) is 11.8 Å². The first-order valence-corrected chi connectivity index (χ1v) is 16.2. The molecule has 7 nitrogen and oxygen atoms in total. The second-order valence-electron chi connectivity index (χ2n) is 13.6. The summed E-state index contributed by atoms with van der Waals surface area (Å²) in [6.07, 6.45) is 5.88. The molecular weight excluding hydrogens is 540 g/mol. The minimum Gasteiger partial charge on any atom is -0.493 e. The Morgan fingerprint density at radius 2 is 1.84 bits per heavy atom. The van der Waals surface area contributed by atoms with Crippen molar-refractivity contribution in [3.05, 3.63) is 59.2 Å². The number of unbranched alkanes of at least 4 members (excludes halogenated alkanes) is 1. The van der Waals surface area contributed by atoms with Crippen LogP contribution in [0.15, 0.2) is 42.5 Å². The molecule has 2 heterocycles. The molecule has 1 amide bonds. The lowest BCUT2D eigenvalue weighted by Gasteiger charge is -2.60. The van der Waals surface area contributed by atoms with Crippen molar-refractivity contribution in [1.29, 1.82) is 0 Å². The number of likely N-dealkylation sites (tertiary alicyclic amines) is 1. The summed E-state index contributed by atoms with van der Waals surface area (Å²) in [6, 6.07) is 13.9. The number of methoxy groups -OCH3 is 1. The van der Waals surface area contributed by atoms with Gasteiger partial charge in [0.05, 0.1) is 19.7 Å². The molecule has 0 radical (unpaired) electrons. The number of hydrogen-bond acceptors (Lipinski definition) is 6. The Labute approximate surface area is 255 Å². The maximum Gasteiger partial charge on any atom is 0.222 e. The van der Waals surface area contributed by atoms with Crippen LogP contribution in [0.1, 0.15) is 87.2 Å². The number of benzene rings is 2. The van der Waals surface area contributed by atoms with Gasteiger partial charge >= 0.3 is 0 Å². The van der Waals surface area contributed by atoms with Gasteiger partial charge in [0.2, 0.25) is 5.91 Å². The van der Waals surface area contributed by atoms with E-state index >= 15 is 0 Å². The maximum atomic E-state index is 14.0. The third kappa shape index (κ3) is 5.28. The summed E-state index contributed by atoms with van der Waals surface area (Å²) in [7, 11) is 1.70. The molecule has 0 unspecified atom stereocenters. The van der Waals surface area contributed by atoms with Crippen molar-refractivity contribution >= 4 is 17.5 Å². The van der Waals surface area contributed by atoms with E-state index in [4.69, 9.17) is 9.47 Å². The third-order valence-electron chi connectivity index (χ3n) is 10.5. The highest BCUT2D eigenvalue weighted by molar-refractivity contribution is 5.96. The molecule has 7 heteroatoms. The number of nitrogens with zero attached hydrogens (tertiary/aromatic N) is 2. The van der Waals surface area contributed by atoms with Gasteiger partial charge in [-0.25, -0.2) is 0 Å².